The van der Waals surface area contributed by atoms with Gasteiger partial charge in [-0.3, -0.25) is 4.79 Å². The standard InChI is InChI=1S/C7H6N4OS/c8-5-2-1-4(3-9-5)6-10-11-7(12)13-6/h1-3H,(H2,8,9)(H,11,12). The Hall–Kier alpha value is -1.69. The van der Waals surface area contributed by atoms with Crippen molar-refractivity contribution in [2.24, 2.45) is 0 Å². The maximum atomic E-state index is 10.8. The molecule has 6 heteroatoms. The Balaban J connectivity index is 2.47. The van der Waals surface area contributed by atoms with Crippen molar-refractivity contribution < 1.29 is 0 Å². The van der Waals surface area contributed by atoms with Gasteiger partial charge in [0.2, 0.25) is 0 Å². The first-order valence-corrected chi connectivity index (χ1v) is 4.35. The molecule has 5 nitrogen and oxygen atoms in total. The molecule has 0 saturated carbocycles. The van der Waals surface area contributed by atoms with Crippen molar-refractivity contribution in [2.45, 2.75) is 0 Å². The van der Waals surface area contributed by atoms with E-state index in [1.54, 1.807) is 18.3 Å². The van der Waals surface area contributed by atoms with Gasteiger partial charge in [0.25, 0.3) is 0 Å². The second kappa shape index (κ2) is 2.98. The number of rotatable bonds is 1. The number of H-pyrrole nitrogens is 1. The molecule has 3 N–H and O–H groups in total. The van der Waals surface area contributed by atoms with Crippen molar-refractivity contribution in [3.8, 4) is 10.6 Å². The summed E-state index contributed by atoms with van der Waals surface area (Å²) in [6, 6.07) is 3.44. The first-order valence-electron chi connectivity index (χ1n) is 3.53. The summed E-state index contributed by atoms with van der Waals surface area (Å²) in [7, 11) is 0. The third kappa shape index (κ3) is 1.57. The number of nitrogens with zero attached hydrogens (tertiary/aromatic N) is 2. The van der Waals surface area contributed by atoms with Crippen molar-refractivity contribution in [3.05, 3.63) is 28.0 Å². The maximum absolute atomic E-state index is 10.8. The largest absolute Gasteiger partial charge is 0.384 e. The Morgan fingerprint density at radius 3 is 2.85 bits per heavy atom. The summed E-state index contributed by atoms with van der Waals surface area (Å²) < 4.78 is 0. The van der Waals surface area contributed by atoms with Crippen molar-refractivity contribution in [3.63, 3.8) is 0 Å². The van der Waals surface area contributed by atoms with Crippen LogP contribution in [0.25, 0.3) is 10.6 Å². The highest BCUT2D eigenvalue weighted by atomic mass is 32.1. The molecule has 0 fully saturated rings. The fourth-order valence-electron chi connectivity index (χ4n) is 0.885. The lowest BCUT2D eigenvalue weighted by molar-refractivity contribution is 1.06. The third-order valence-electron chi connectivity index (χ3n) is 1.47. The normalized spacial score (nSPS) is 10.2. The number of pyridine rings is 1. The van der Waals surface area contributed by atoms with Crippen molar-refractivity contribution in [2.75, 3.05) is 5.73 Å². The lowest BCUT2D eigenvalue weighted by Crippen LogP contribution is -1.90. The molecule has 2 aromatic heterocycles. The summed E-state index contributed by atoms with van der Waals surface area (Å²) in [6.45, 7) is 0. The van der Waals surface area contributed by atoms with Crippen LogP contribution < -0.4 is 10.6 Å². The van der Waals surface area contributed by atoms with E-state index in [9.17, 15) is 4.79 Å². The van der Waals surface area contributed by atoms with E-state index >= 15 is 0 Å². The van der Waals surface area contributed by atoms with E-state index in [2.05, 4.69) is 15.2 Å². The molecule has 0 bridgehead atoms. The number of hydrogen-bond acceptors (Lipinski definition) is 5. The minimum absolute atomic E-state index is 0.174. The van der Waals surface area contributed by atoms with Crippen molar-refractivity contribution in [1.82, 2.24) is 15.2 Å². The van der Waals surface area contributed by atoms with E-state index in [1.807, 2.05) is 0 Å². The van der Waals surface area contributed by atoms with Crippen LogP contribution in [-0.2, 0) is 0 Å². The summed E-state index contributed by atoms with van der Waals surface area (Å²) in [5.41, 5.74) is 6.20. The molecular weight excluding hydrogens is 188 g/mol. The molecule has 2 heterocycles. The van der Waals surface area contributed by atoms with Gasteiger partial charge in [-0.25, -0.2) is 10.1 Å². The van der Waals surface area contributed by atoms with E-state index < -0.39 is 0 Å². The lowest BCUT2D eigenvalue weighted by Gasteiger charge is -1.93. The van der Waals surface area contributed by atoms with Crippen LogP contribution in [0.1, 0.15) is 0 Å². The van der Waals surface area contributed by atoms with Crippen LogP contribution in [0.5, 0.6) is 0 Å². The molecule has 0 spiro atoms. The highest BCUT2D eigenvalue weighted by Gasteiger charge is 2.02. The molecule has 13 heavy (non-hydrogen) atoms. The fraction of sp³-hybridized carbons (Fsp3) is 0. The molecule has 0 aliphatic heterocycles. The lowest BCUT2D eigenvalue weighted by atomic mass is 10.3. The minimum Gasteiger partial charge on any atom is -0.384 e. The number of nitrogens with two attached hydrogens (primary N) is 1. The maximum Gasteiger partial charge on any atom is 0.322 e. The molecule has 0 radical (unpaired) electrons. The summed E-state index contributed by atoms with van der Waals surface area (Å²) in [6.07, 6.45) is 1.58. The SMILES string of the molecule is Nc1ccc(-c2n[nH]c(=O)s2)cn1. The Labute approximate surface area is 77.3 Å². The minimum atomic E-state index is -0.174. The van der Waals surface area contributed by atoms with E-state index in [0.29, 0.717) is 10.8 Å². The number of nitrogens with one attached hydrogen (secondary N) is 1. The molecule has 0 aromatic carbocycles. The van der Waals surface area contributed by atoms with E-state index in [0.717, 1.165) is 16.9 Å². The number of hydrogen-bond donors (Lipinski definition) is 2. The zero-order valence-electron chi connectivity index (χ0n) is 6.52. The molecule has 66 valence electrons. The molecule has 0 atom stereocenters. The van der Waals surface area contributed by atoms with Gasteiger partial charge in [-0.05, 0) is 12.1 Å². The summed E-state index contributed by atoms with van der Waals surface area (Å²) >= 11 is 1.04. The predicted octanol–water partition coefficient (Wildman–Crippen LogP) is 0.476. The van der Waals surface area contributed by atoms with Gasteiger partial charge in [0.15, 0.2) is 0 Å². The fourth-order valence-corrected chi connectivity index (χ4v) is 1.48. The molecule has 0 aliphatic carbocycles. The Bertz CT molecular complexity index is 458. The van der Waals surface area contributed by atoms with Gasteiger partial charge in [-0.2, -0.15) is 5.10 Å². The van der Waals surface area contributed by atoms with Crippen LogP contribution in [0, 0.1) is 0 Å². The smallest absolute Gasteiger partial charge is 0.322 e. The van der Waals surface area contributed by atoms with Crippen LogP contribution in [-0.4, -0.2) is 15.2 Å². The molecule has 0 amide bonds. The average Bonchev–Trinajstić information content (AvgIpc) is 2.53. The molecule has 2 rings (SSSR count). The summed E-state index contributed by atoms with van der Waals surface area (Å²) in [5.74, 6) is 0.451. The molecule has 0 aliphatic rings. The zero-order valence-corrected chi connectivity index (χ0v) is 7.34. The molecular formula is C7H6N4OS. The van der Waals surface area contributed by atoms with Gasteiger partial charge in [0.05, 0.1) is 0 Å². The van der Waals surface area contributed by atoms with E-state index in [4.69, 9.17) is 5.73 Å². The topological polar surface area (TPSA) is 84.7 Å². The van der Waals surface area contributed by atoms with Crippen molar-refractivity contribution in [1.29, 1.82) is 0 Å². The highest BCUT2D eigenvalue weighted by Crippen LogP contribution is 2.17. The average molecular weight is 194 g/mol. The van der Waals surface area contributed by atoms with E-state index in [1.165, 1.54) is 0 Å². The number of aromatic amines is 1. The van der Waals surface area contributed by atoms with Gasteiger partial charge < -0.3 is 5.73 Å². The molecule has 0 saturated heterocycles. The van der Waals surface area contributed by atoms with Crippen LogP contribution in [0.3, 0.4) is 0 Å². The first-order chi connectivity index (χ1) is 6.25. The quantitative estimate of drug-likeness (QED) is 0.691. The summed E-state index contributed by atoms with van der Waals surface area (Å²) in [5, 5.41) is 6.77. The summed E-state index contributed by atoms with van der Waals surface area (Å²) in [4.78, 5) is 14.5. The first kappa shape index (κ1) is 7.93. The Kier molecular flexibility index (Phi) is 1.82. The Morgan fingerprint density at radius 2 is 2.31 bits per heavy atom. The molecule has 2 aromatic rings. The van der Waals surface area contributed by atoms with Gasteiger partial charge >= 0.3 is 4.87 Å². The van der Waals surface area contributed by atoms with Crippen LogP contribution >= 0.6 is 11.3 Å². The molecule has 0 unspecified atom stereocenters. The highest BCUT2D eigenvalue weighted by molar-refractivity contribution is 7.12. The number of anilines is 1. The van der Waals surface area contributed by atoms with Gasteiger partial charge in [0, 0.05) is 11.8 Å². The predicted molar refractivity (Wildman–Crippen MR) is 50.4 cm³/mol. The third-order valence-corrected chi connectivity index (χ3v) is 2.27. The van der Waals surface area contributed by atoms with Crippen LogP contribution in [0.2, 0.25) is 0 Å². The van der Waals surface area contributed by atoms with Crippen LogP contribution in [0.15, 0.2) is 23.1 Å². The van der Waals surface area contributed by atoms with Gasteiger partial charge in [0.1, 0.15) is 10.8 Å². The number of aromatic nitrogens is 3. The van der Waals surface area contributed by atoms with Gasteiger partial charge in [-0.1, -0.05) is 11.3 Å². The number of nitrogen functional groups attached to an aromatic ring is 1. The van der Waals surface area contributed by atoms with Crippen LogP contribution in [0.4, 0.5) is 5.82 Å². The monoisotopic (exact) mass is 194 g/mol. The second-order valence-corrected chi connectivity index (χ2v) is 3.35. The van der Waals surface area contributed by atoms with E-state index in [-0.39, 0.29) is 4.87 Å². The second-order valence-electron chi connectivity index (χ2n) is 2.39. The zero-order chi connectivity index (χ0) is 9.26. The van der Waals surface area contributed by atoms with Gasteiger partial charge in [-0.15, -0.1) is 0 Å². The Morgan fingerprint density at radius 1 is 1.46 bits per heavy atom. The van der Waals surface area contributed by atoms with Crippen molar-refractivity contribution >= 4 is 17.2 Å².